The van der Waals surface area contributed by atoms with Gasteiger partial charge in [0.05, 0.1) is 28.3 Å². The van der Waals surface area contributed by atoms with Crippen LogP contribution in [0.2, 0.25) is 0 Å². The van der Waals surface area contributed by atoms with Crippen molar-refractivity contribution in [1.29, 1.82) is 0 Å². The molecule has 30 heavy (non-hydrogen) atoms. The van der Waals surface area contributed by atoms with Crippen LogP contribution >= 0.6 is 27.7 Å². The van der Waals surface area contributed by atoms with Gasteiger partial charge in [0.25, 0.3) is 0 Å². The topological polar surface area (TPSA) is 72.7 Å². The minimum Gasteiger partial charge on any atom is -0.322 e. The summed E-state index contributed by atoms with van der Waals surface area (Å²) in [6.07, 6.45) is 0. The van der Waals surface area contributed by atoms with E-state index in [9.17, 15) is 4.79 Å². The predicted molar refractivity (Wildman–Crippen MR) is 125 cm³/mol. The van der Waals surface area contributed by atoms with E-state index in [0.717, 1.165) is 43.0 Å². The Kier molecular flexibility index (Phi) is 5.87. The summed E-state index contributed by atoms with van der Waals surface area (Å²) in [6.45, 7) is 3.82. The van der Waals surface area contributed by atoms with Crippen LogP contribution < -0.4 is 5.32 Å². The Hall–Kier alpha value is -2.71. The predicted octanol–water partition coefficient (Wildman–Crippen LogP) is 5.14. The Morgan fingerprint density at radius 3 is 2.53 bits per heavy atom. The molecule has 0 saturated carbocycles. The zero-order valence-electron chi connectivity index (χ0n) is 16.8. The Labute approximate surface area is 187 Å². The fourth-order valence-electron chi connectivity index (χ4n) is 3.15. The van der Waals surface area contributed by atoms with Crippen molar-refractivity contribution < 1.29 is 4.79 Å². The summed E-state index contributed by atoms with van der Waals surface area (Å²) >= 11 is 4.86. The van der Waals surface area contributed by atoms with Gasteiger partial charge in [-0.2, -0.15) is 5.10 Å². The number of halogens is 1. The van der Waals surface area contributed by atoms with Gasteiger partial charge in [-0.15, -0.1) is 0 Å². The molecular formula is C22H20BrN5OS. The summed E-state index contributed by atoms with van der Waals surface area (Å²) in [6, 6.07) is 15.7. The van der Waals surface area contributed by atoms with Gasteiger partial charge < -0.3 is 5.32 Å². The number of hydrogen-bond donors (Lipinski definition) is 1. The van der Waals surface area contributed by atoms with Crippen LogP contribution in [0.3, 0.4) is 0 Å². The van der Waals surface area contributed by atoms with Gasteiger partial charge in [-0.1, -0.05) is 58.0 Å². The van der Waals surface area contributed by atoms with Crippen LogP contribution in [0.25, 0.3) is 22.3 Å². The molecule has 0 saturated heterocycles. The summed E-state index contributed by atoms with van der Waals surface area (Å²) in [5, 5.41) is 9.04. The lowest BCUT2D eigenvalue weighted by Crippen LogP contribution is -2.15. The largest absolute Gasteiger partial charge is 0.322 e. The minimum absolute atomic E-state index is 0.0907. The molecule has 4 aromatic rings. The van der Waals surface area contributed by atoms with Crippen molar-refractivity contribution in [3.05, 3.63) is 64.4 Å². The number of carbonyl (C=O) groups is 1. The highest BCUT2D eigenvalue weighted by atomic mass is 79.9. The second kappa shape index (κ2) is 8.57. The molecule has 2 heterocycles. The molecule has 6 nitrogen and oxygen atoms in total. The zero-order chi connectivity index (χ0) is 21.3. The molecule has 4 rings (SSSR count). The quantitative estimate of drug-likeness (QED) is 0.315. The first-order valence-electron chi connectivity index (χ1n) is 9.38. The molecule has 8 heteroatoms. The zero-order valence-corrected chi connectivity index (χ0v) is 19.2. The number of fused-ring (bicyclic) bond motifs is 1. The van der Waals surface area contributed by atoms with Crippen molar-refractivity contribution in [2.75, 3.05) is 11.1 Å². The number of amides is 1. The van der Waals surface area contributed by atoms with E-state index in [1.54, 1.807) is 4.68 Å². The SMILES string of the molecule is Cc1nn(C)c(C)c1NC(=O)CSc1nc(-c2ccc(Br)cc2)nc2ccccc12. The monoisotopic (exact) mass is 481 g/mol. The lowest BCUT2D eigenvalue weighted by atomic mass is 10.2. The molecule has 2 aromatic carbocycles. The van der Waals surface area contributed by atoms with Crippen molar-refractivity contribution in [2.45, 2.75) is 18.9 Å². The van der Waals surface area contributed by atoms with Gasteiger partial charge in [0.1, 0.15) is 5.03 Å². The first-order chi connectivity index (χ1) is 14.4. The maximum absolute atomic E-state index is 12.6. The third-order valence-corrected chi connectivity index (χ3v) is 6.30. The number of nitrogens with zero attached hydrogens (tertiary/aromatic N) is 4. The number of hydrogen-bond acceptors (Lipinski definition) is 5. The summed E-state index contributed by atoms with van der Waals surface area (Å²) in [5.74, 6) is 0.796. The number of rotatable bonds is 5. The molecule has 1 N–H and O–H groups in total. The first-order valence-corrected chi connectivity index (χ1v) is 11.2. The average molecular weight is 482 g/mol. The van der Waals surface area contributed by atoms with E-state index in [1.807, 2.05) is 69.4 Å². The molecule has 0 aliphatic rings. The van der Waals surface area contributed by atoms with E-state index >= 15 is 0 Å². The molecule has 0 bridgehead atoms. The Morgan fingerprint density at radius 2 is 1.83 bits per heavy atom. The number of benzene rings is 2. The Morgan fingerprint density at radius 1 is 1.10 bits per heavy atom. The number of anilines is 1. The molecule has 1 amide bonds. The summed E-state index contributed by atoms with van der Waals surface area (Å²) in [4.78, 5) is 22.1. The van der Waals surface area contributed by atoms with Crippen molar-refractivity contribution >= 4 is 50.2 Å². The van der Waals surface area contributed by atoms with Crippen LogP contribution in [0.5, 0.6) is 0 Å². The van der Waals surface area contributed by atoms with E-state index < -0.39 is 0 Å². The molecule has 152 valence electrons. The van der Waals surface area contributed by atoms with Crippen molar-refractivity contribution in [1.82, 2.24) is 19.7 Å². The average Bonchev–Trinajstić information content (AvgIpc) is 2.98. The van der Waals surface area contributed by atoms with E-state index in [2.05, 4.69) is 26.3 Å². The third-order valence-electron chi connectivity index (χ3n) is 4.78. The smallest absolute Gasteiger partial charge is 0.234 e. The number of carbonyl (C=O) groups excluding carboxylic acids is 1. The summed E-state index contributed by atoms with van der Waals surface area (Å²) < 4.78 is 2.76. The van der Waals surface area contributed by atoms with Crippen molar-refractivity contribution in [3.63, 3.8) is 0 Å². The van der Waals surface area contributed by atoms with Crippen LogP contribution in [0, 0.1) is 13.8 Å². The first kappa shape index (κ1) is 20.6. The van der Waals surface area contributed by atoms with Gasteiger partial charge in [0, 0.05) is 22.5 Å². The molecule has 0 aliphatic carbocycles. The van der Waals surface area contributed by atoms with Crippen LogP contribution in [0.4, 0.5) is 5.69 Å². The number of thioether (sulfide) groups is 1. The summed E-state index contributed by atoms with van der Waals surface area (Å²) in [5.41, 5.74) is 4.28. The van der Waals surface area contributed by atoms with E-state index in [1.165, 1.54) is 11.8 Å². The second-order valence-electron chi connectivity index (χ2n) is 6.88. The highest BCUT2D eigenvalue weighted by Crippen LogP contribution is 2.29. The van der Waals surface area contributed by atoms with Crippen molar-refractivity contribution in [3.8, 4) is 11.4 Å². The van der Waals surface area contributed by atoms with E-state index in [0.29, 0.717) is 5.82 Å². The van der Waals surface area contributed by atoms with Gasteiger partial charge in [-0.05, 0) is 32.0 Å². The van der Waals surface area contributed by atoms with Gasteiger partial charge >= 0.3 is 0 Å². The molecule has 0 unspecified atom stereocenters. The summed E-state index contributed by atoms with van der Waals surface area (Å²) in [7, 11) is 1.86. The Bertz CT molecular complexity index is 1240. The Balaban J connectivity index is 1.60. The van der Waals surface area contributed by atoms with E-state index in [-0.39, 0.29) is 11.7 Å². The third kappa shape index (κ3) is 4.24. The van der Waals surface area contributed by atoms with Crippen LogP contribution in [-0.4, -0.2) is 31.4 Å². The normalized spacial score (nSPS) is 11.1. The fraction of sp³-hybridized carbons (Fsp3) is 0.182. The highest BCUT2D eigenvalue weighted by Gasteiger charge is 2.15. The molecular weight excluding hydrogens is 462 g/mol. The van der Waals surface area contributed by atoms with E-state index in [4.69, 9.17) is 9.97 Å². The maximum atomic E-state index is 12.6. The number of nitrogens with one attached hydrogen (secondary N) is 1. The van der Waals surface area contributed by atoms with Gasteiger partial charge in [0.2, 0.25) is 5.91 Å². The molecule has 0 aliphatic heterocycles. The van der Waals surface area contributed by atoms with Crippen LogP contribution in [0.15, 0.2) is 58.0 Å². The highest BCUT2D eigenvalue weighted by molar-refractivity contribution is 9.10. The van der Waals surface area contributed by atoms with Gasteiger partial charge in [-0.3, -0.25) is 9.48 Å². The molecule has 2 aromatic heterocycles. The minimum atomic E-state index is -0.0907. The molecule has 0 atom stereocenters. The molecule has 0 spiro atoms. The fourth-order valence-corrected chi connectivity index (χ4v) is 4.23. The number of aryl methyl sites for hydroxylation is 2. The standard InChI is InChI=1S/C22H20BrN5OS/c1-13-20(14(2)28(3)27-13)25-19(29)12-30-22-17-6-4-5-7-18(17)24-21(26-22)15-8-10-16(23)11-9-15/h4-11H,12H2,1-3H3,(H,25,29). The van der Waals surface area contributed by atoms with Crippen molar-refractivity contribution in [2.24, 2.45) is 7.05 Å². The molecule has 0 fully saturated rings. The van der Waals surface area contributed by atoms with Gasteiger partial charge in [-0.25, -0.2) is 9.97 Å². The lowest BCUT2D eigenvalue weighted by molar-refractivity contribution is -0.113. The number of aromatic nitrogens is 4. The lowest BCUT2D eigenvalue weighted by Gasteiger charge is -2.09. The van der Waals surface area contributed by atoms with Crippen LogP contribution in [-0.2, 0) is 11.8 Å². The van der Waals surface area contributed by atoms with Crippen LogP contribution in [0.1, 0.15) is 11.4 Å². The van der Waals surface area contributed by atoms with Gasteiger partial charge in [0.15, 0.2) is 5.82 Å². The number of para-hydroxylation sites is 1. The second-order valence-corrected chi connectivity index (χ2v) is 8.76. The maximum Gasteiger partial charge on any atom is 0.234 e. The molecule has 0 radical (unpaired) electrons.